The Bertz CT molecular complexity index is 510. The van der Waals surface area contributed by atoms with Gasteiger partial charge in [0.1, 0.15) is 5.75 Å². The largest absolute Gasteiger partial charge is 0.504 e. The summed E-state index contributed by atoms with van der Waals surface area (Å²) in [6, 6.07) is 6.20. The topological polar surface area (TPSA) is 18.5 Å². The highest BCUT2D eigenvalue weighted by atomic mass is 16.5. The van der Waals surface area contributed by atoms with Crippen LogP contribution in [0.2, 0.25) is 0 Å². The van der Waals surface area contributed by atoms with Crippen LogP contribution in [0.5, 0.6) is 5.75 Å². The van der Waals surface area contributed by atoms with Gasteiger partial charge in [-0.25, -0.2) is 0 Å². The van der Waals surface area contributed by atoms with E-state index in [2.05, 4.69) is 18.7 Å². The third-order valence-corrected chi connectivity index (χ3v) is 3.23. The first kappa shape index (κ1) is 12.5. The summed E-state index contributed by atoms with van der Waals surface area (Å²) in [7, 11) is 3.35. The average Bonchev–Trinajstić information content (AvgIpc) is 2.43. The molecule has 1 aliphatic rings. The van der Waals surface area contributed by atoms with Crippen molar-refractivity contribution in [3.8, 4) is 5.75 Å². The molecule has 2 nitrogen and oxygen atoms in total. The Morgan fingerprint density at radius 3 is 2.72 bits per heavy atom. The molecule has 18 heavy (non-hydrogen) atoms. The van der Waals surface area contributed by atoms with Gasteiger partial charge >= 0.3 is 0 Å². The second kappa shape index (κ2) is 5.58. The Kier molecular flexibility index (Phi) is 3.88. The summed E-state index contributed by atoms with van der Waals surface area (Å²) in [4.78, 5) is 0. The normalized spacial score (nSPS) is 14.6. The molecule has 0 radical (unpaired) electrons. The first-order valence-electron chi connectivity index (χ1n) is 6.02. The molecule has 0 saturated heterocycles. The van der Waals surface area contributed by atoms with E-state index >= 15 is 0 Å². The maximum Gasteiger partial charge on any atom is 0.119 e. The lowest BCUT2D eigenvalue weighted by molar-refractivity contribution is 0.338. The molecular weight excluding hydrogens is 224 g/mol. The van der Waals surface area contributed by atoms with Crippen LogP contribution in [0.15, 0.2) is 48.8 Å². The van der Waals surface area contributed by atoms with Crippen LogP contribution >= 0.6 is 0 Å². The minimum Gasteiger partial charge on any atom is -0.504 e. The van der Waals surface area contributed by atoms with Crippen molar-refractivity contribution in [1.29, 1.82) is 0 Å². The number of hydrogen-bond acceptors (Lipinski definition) is 2. The van der Waals surface area contributed by atoms with Crippen molar-refractivity contribution in [2.24, 2.45) is 0 Å². The fourth-order valence-electron chi connectivity index (χ4n) is 2.29. The van der Waals surface area contributed by atoms with Gasteiger partial charge in [-0.15, -0.1) is 0 Å². The fraction of sp³-hybridized carbons (Fsp3) is 0.250. The van der Waals surface area contributed by atoms with Gasteiger partial charge in [0.2, 0.25) is 0 Å². The quantitative estimate of drug-likeness (QED) is 0.749. The van der Waals surface area contributed by atoms with Crippen molar-refractivity contribution in [2.45, 2.75) is 12.8 Å². The molecule has 0 saturated carbocycles. The van der Waals surface area contributed by atoms with Crippen LogP contribution in [-0.2, 0) is 11.2 Å². The van der Waals surface area contributed by atoms with Gasteiger partial charge in [-0.1, -0.05) is 18.7 Å². The Morgan fingerprint density at radius 2 is 2.06 bits per heavy atom. The second-order valence-electron chi connectivity index (χ2n) is 4.20. The van der Waals surface area contributed by atoms with Gasteiger partial charge in [0, 0.05) is 0 Å². The SMILES string of the molecule is C=CC1=C(/C=C\OC)c2ccc(OC)cc2CC1. The van der Waals surface area contributed by atoms with Gasteiger partial charge in [-0.2, -0.15) is 0 Å². The van der Waals surface area contributed by atoms with Crippen LogP contribution in [0.4, 0.5) is 0 Å². The third-order valence-electron chi connectivity index (χ3n) is 3.23. The van der Waals surface area contributed by atoms with E-state index in [1.807, 2.05) is 18.2 Å². The second-order valence-corrected chi connectivity index (χ2v) is 4.20. The molecule has 1 aromatic rings. The molecule has 1 aromatic carbocycles. The van der Waals surface area contributed by atoms with Crippen LogP contribution in [-0.4, -0.2) is 14.2 Å². The molecule has 0 atom stereocenters. The molecule has 0 aromatic heterocycles. The molecule has 94 valence electrons. The minimum absolute atomic E-state index is 0.908. The first-order valence-corrected chi connectivity index (χ1v) is 6.02. The van der Waals surface area contributed by atoms with Crippen LogP contribution in [0.25, 0.3) is 5.57 Å². The lowest BCUT2D eigenvalue weighted by Gasteiger charge is -2.20. The summed E-state index contributed by atoms with van der Waals surface area (Å²) >= 11 is 0. The van der Waals surface area contributed by atoms with E-state index in [0.717, 1.165) is 18.6 Å². The maximum absolute atomic E-state index is 5.27. The van der Waals surface area contributed by atoms with Gasteiger partial charge in [-0.05, 0) is 53.3 Å². The van der Waals surface area contributed by atoms with Crippen LogP contribution < -0.4 is 4.74 Å². The summed E-state index contributed by atoms with van der Waals surface area (Å²) in [5.74, 6) is 0.908. The van der Waals surface area contributed by atoms with E-state index in [9.17, 15) is 0 Å². The average molecular weight is 242 g/mol. The Balaban J connectivity index is 2.50. The van der Waals surface area contributed by atoms with Crippen LogP contribution in [0.1, 0.15) is 17.5 Å². The van der Waals surface area contributed by atoms with Gasteiger partial charge in [-0.3, -0.25) is 0 Å². The predicted octanol–water partition coefficient (Wildman–Crippen LogP) is 3.74. The van der Waals surface area contributed by atoms with Crippen molar-refractivity contribution in [1.82, 2.24) is 0 Å². The highest BCUT2D eigenvalue weighted by molar-refractivity contribution is 5.81. The zero-order valence-electron chi connectivity index (χ0n) is 10.9. The molecule has 0 fully saturated rings. The zero-order chi connectivity index (χ0) is 13.0. The fourth-order valence-corrected chi connectivity index (χ4v) is 2.29. The smallest absolute Gasteiger partial charge is 0.119 e. The summed E-state index contributed by atoms with van der Waals surface area (Å²) in [6.45, 7) is 3.89. The number of rotatable bonds is 4. The van der Waals surface area contributed by atoms with E-state index < -0.39 is 0 Å². The van der Waals surface area contributed by atoms with Gasteiger partial charge in [0.05, 0.1) is 20.5 Å². The predicted molar refractivity (Wildman–Crippen MR) is 74.6 cm³/mol. The lowest BCUT2D eigenvalue weighted by atomic mass is 9.85. The Hall–Kier alpha value is -1.96. The Morgan fingerprint density at radius 1 is 1.22 bits per heavy atom. The Labute approximate surface area is 108 Å². The molecule has 0 N–H and O–H groups in total. The number of benzene rings is 1. The summed E-state index contributed by atoms with van der Waals surface area (Å²) < 4.78 is 10.3. The van der Waals surface area contributed by atoms with Gasteiger partial charge in [0.25, 0.3) is 0 Å². The number of aryl methyl sites for hydroxylation is 1. The highest BCUT2D eigenvalue weighted by Gasteiger charge is 2.16. The molecule has 0 heterocycles. The number of allylic oxidation sites excluding steroid dienone is 4. The molecule has 0 spiro atoms. The zero-order valence-corrected chi connectivity index (χ0v) is 10.9. The summed E-state index contributed by atoms with van der Waals surface area (Å²) in [5.41, 5.74) is 5.01. The van der Waals surface area contributed by atoms with Crippen LogP contribution in [0, 0.1) is 0 Å². The van der Waals surface area contributed by atoms with E-state index in [4.69, 9.17) is 9.47 Å². The van der Waals surface area contributed by atoms with Crippen LogP contribution in [0.3, 0.4) is 0 Å². The summed E-state index contributed by atoms with van der Waals surface area (Å²) in [5, 5.41) is 0. The number of ether oxygens (including phenoxy) is 2. The molecule has 0 unspecified atom stereocenters. The van der Waals surface area contributed by atoms with Gasteiger partial charge < -0.3 is 9.47 Å². The molecule has 0 amide bonds. The molecule has 0 bridgehead atoms. The minimum atomic E-state index is 0.908. The summed E-state index contributed by atoms with van der Waals surface area (Å²) in [6.07, 6.45) is 7.67. The molecular formula is C16H18O2. The highest BCUT2D eigenvalue weighted by Crippen LogP contribution is 2.34. The van der Waals surface area contributed by atoms with E-state index in [0.29, 0.717) is 0 Å². The van der Waals surface area contributed by atoms with E-state index in [-0.39, 0.29) is 0 Å². The van der Waals surface area contributed by atoms with E-state index in [1.165, 1.54) is 22.3 Å². The number of fused-ring (bicyclic) bond motifs is 1. The lowest BCUT2D eigenvalue weighted by Crippen LogP contribution is -2.03. The third kappa shape index (κ3) is 2.33. The van der Waals surface area contributed by atoms with Crippen molar-refractivity contribution in [2.75, 3.05) is 14.2 Å². The molecule has 1 aliphatic carbocycles. The molecule has 2 heteroatoms. The number of hydrogen-bond donors (Lipinski definition) is 0. The number of methoxy groups -OCH3 is 2. The van der Waals surface area contributed by atoms with Crippen molar-refractivity contribution in [3.05, 3.63) is 59.9 Å². The molecule has 2 rings (SSSR count). The monoisotopic (exact) mass is 242 g/mol. The maximum atomic E-state index is 5.27. The van der Waals surface area contributed by atoms with E-state index in [1.54, 1.807) is 20.5 Å². The van der Waals surface area contributed by atoms with Crippen molar-refractivity contribution >= 4 is 5.57 Å². The standard InChI is InChI=1S/C16H18O2/c1-4-12-5-6-13-11-14(18-3)7-8-15(13)16(12)9-10-17-2/h4,7-11H,1,5-6H2,2-3H3/b10-9-. The first-order chi connectivity index (χ1) is 8.80. The van der Waals surface area contributed by atoms with Gasteiger partial charge in [0.15, 0.2) is 0 Å². The molecule has 0 aliphatic heterocycles. The van der Waals surface area contributed by atoms with Crippen molar-refractivity contribution in [3.63, 3.8) is 0 Å². The van der Waals surface area contributed by atoms with Crippen molar-refractivity contribution < 1.29 is 9.47 Å².